The predicted molar refractivity (Wildman–Crippen MR) is 184 cm³/mol. The summed E-state index contributed by atoms with van der Waals surface area (Å²) < 4.78 is 4.70. The van der Waals surface area contributed by atoms with E-state index in [0.29, 0.717) is 17.8 Å². The van der Waals surface area contributed by atoms with Gasteiger partial charge in [0.25, 0.3) is 5.91 Å². The number of aliphatic hydroxyl groups is 1. The number of aliphatic hydroxyl groups excluding tert-OH is 1. The SMILES string of the molecule is CCCCCCCCCCCCCCCCCC(=O)Nc1ccc(C(=O)N[C@H](C(=O)Nc2cccc(C(=O)OC)c2)C(C)O)cc1. The van der Waals surface area contributed by atoms with E-state index >= 15 is 0 Å². The topological polar surface area (TPSA) is 134 Å². The fraction of sp³-hybridized carbons (Fsp3) is 0.568. The third-order valence-electron chi connectivity index (χ3n) is 8.04. The number of rotatable bonds is 23. The molecule has 0 heterocycles. The van der Waals surface area contributed by atoms with Crippen molar-refractivity contribution in [1.29, 1.82) is 0 Å². The van der Waals surface area contributed by atoms with E-state index in [2.05, 4.69) is 22.9 Å². The Balaban J connectivity index is 1.65. The van der Waals surface area contributed by atoms with Gasteiger partial charge in [-0.2, -0.15) is 0 Å². The fourth-order valence-corrected chi connectivity index (χ4v) is 5.28. The quantitative estimate of drug-likeness (QED) is 0.0726. The first-order valence-corrected chi connectivity index (χ1v) is 17.1. The van der Waals surface area contributed by atoms with Crippen molar-refractivity contribution in [2.45, 2.75) is 129 Å². The van der Waals surface area contributed by atoms with Gasteiger partial charge in [0.1, 0.15) is 6.04 Å². The summed E-state index contributed by atoms with van der Waals surface area (Å²) in [7, 11) is 1.26. The van der Waals surface area contributed by atoms with Crippen LogP contribution in [0, 0.1) is 0 Å². The fourth-order valence-electron chi connectivity index (χ4n) is 5.28. The van der Waals surface area contributed by atoms with E-state index in [-0.39, 0.29) is 17.0 Å². The Morgan fingerprint density at radius 1 is 0.696 bits per heavy atom. The van der Waals surface area contributed by atoms with Gasteiger partial charge in [-0.25, -0.2) is 4.79 Å². The van der Waals surface area contributed by atoms with Gasteiger partial charge in [0.05, 0.1) is 18.8 Å². The molecular weight excluding hydrogens is 582 g/mol. The van der Waals surface area contributed by atoms with Crippen molar-refractivity contribution in [3.8, 4) is 0 Å². The van der Waals surface area contributed by atoms with E-state index in [9.17, 15) is 24.3 Å². The summed E-state index contributed by atoms with van der Waals surface area (Å²) in [5.74, 6) is -1.82. The number of methoxy groups -OCH3 is 1. The van der Waals surface area contributed by atoms with Gasteiger partial charge < -0.3 is 25.8 Å². The molecule has 0 radical (unpaired) electrons. The number of ether oxygens (including phenoxy) is 1. The van der Waals surface area contributed by atoms with E-state index < -0.39 is 29.9 Å². The summed E-state index contributed by atoms with van der Waals surface area (Å²) in [6.45, 7) is 3.65. The predicted octanol–water partition coefficient (Wildman–Crippen LogP) is 7.79. The lowest BCUT2D eigenvalue weighted by Gasteiger charge is -2.21. The maximum atomic E-state index is 12.8. The molecule has 1 unspecified atom stereocenters. The van der Waals surface area contributed by atoms with Gasteiger partial charge in [0.2, 0.25) is 11.8 Å². The monoisotopic (exact) mass is 637 g/mol. The van der Waals surface area contributed by atoms with Crippen LogP contribution < -0.4 is 16.0 Å². The third kappa shape index (κ3) is 15.5. The van der Waals surface area contributed by atoms with Gasteiger partial charge >= 0.3 is 5.97 Å². The largest absolute Gasteiger partial charge is 0.465 e. The third-order valence-corrected chi connectivity index (χ3v) is 8.04. The van der Waals surface area contributed by atoms with Crippen molar-refractivity contribution in [2.75, 3.05) is 17.7 Å². The number of hydrogen-bond donors (Lipinski definition) is 4. The van der Waals surface area contributed by atoms with Gasteiger partial charge in [0.15, 0.2) is 0 Å². The molecule has 0 saturated heterocycles. The Hall–Kier alpha value is -3.72. The second-order valence-electron chi connectivity index (χ2n) is 12.1. The molecule has 0 bridgehead atoms. The molecule has 0 aliphatic rings. The van der Waals surface area contributed by atoms with Gasteiger partial charge in [0, 0.05) is 23.4 Å². The molecule has 0 aromatic heterocycles. The molecule has 254 valence electrons. The second kappa shape index (κ2) is 22.7. The normalized spacial score (nSPS) is 12.2. The number of unbranched alkanes of at least 4 members (excludes halogenated alkanes) is 14. The molecule has 2 rings (SSSR count). The molecule has 9 nitrogen and oxygen atoms in total. The highest BCUT2D eigenvalue weighted by Crippen LogP contribution is 2.16. The summed E-state index contributed by atoms with van der Waals surface area (Å²) >= 11 is 0. The Bertz CT molecular complexity index is 1200. The highest BCUT2D eigenvalue weighted by Gasteiger charge is 2.26. The van der Waals surface area contributed by atoms with Crippen LogP contribution in [-0.4, -0.2) is 48.1 Å². The van der Waals surface area contributed by atoms with Gasteiger partial charge in [-0.15, -0.1) is 0 Å². The van der Waals surface area contributed by atoms with Crippen LogP contribution in [0.1, 0.15) is 137 Å². The molecule has 0 aliphatic heterocycles. The van der Waals surface area contributed by atoms with Crippen molar-refractivity contribution < 1.29 is 29.0 Å². The Morgan fingerprint density at radius 2 is 1.24 bits per heavy atom. The second-order valence-corrected chi connectivity index (χ2v) is 12.1. The first-order chi connectivity index (χ1) is 22.2. The van der Waals surface area contributed by atoms with E-state index in [0.717, 1.165) is 19.3 Å². The van der Waals surface area contributed by atoms with Gasteiger partial charge in [-0.05, 0) is 55.8 Å². The molecule has 46 heavy (non-hydrogen) atoms. The first-order valence-electron chi connectivity index (χ1n) is 17.1. The maximum Gasteiger partial charge on any atom is 0.337 e. The van der Waals surface area contributed by atoms with Crippen LogP contribution in [0.3, 0.4) is 0 Å². The zero-order chi connectivity index (χ0) is 33.6. The smallest absolute Gasteiger partial charge is 0.337 e. The van der Waals surface area contributed by atoms with Gasteiger partial charge in [-0.1, -0.05) is 103 Å². The molecule has 2 aromatic rings. The van der Waals surface area contributed by atoms with Gasteiger partial charge in [-0.3, -0.25) is 14.4 Å². The minimum atomic E-state index is -1.25. The lowest BCUT2D eigenvalue weighted by atomic mass is 10.0. The van der Waals surface area contributed by atoms with Crippen LogP contribution in [0.15, 0.2) is 48.5 Å². The molecule has 0 fully saturated rings. The summed E-state index contributed by atoms with van der Waals surface area (Å²) in [4.78, 5) is 49.9. The Kier molecular flexibility index (Phi) is 19.0. The number of nitrogens with one attached hydrogen (secondary N) is 3. The van der Waals surface area contributed by atoms with Crippen LogP contribution in [0.4, 0.5) is 11.4 Å². The van der Waals surface area contributed by atoms with E-state index in [1.165, 1.54) is 97.1 Å². The molecule has 2 atom stereocenters. The van der Waals surface area contributed by atoms with Crippen molar-refractivity contribution >= 4 is 35.1 Å². The van der Waals surface area contributed by atoms with E-state index in [4.69, 9.17) is 4.74 Å². The molecule has 0 spiro atoms. The first kappa shape index (κ1) is 38.5. The number of hydrogen-bond acceptors (Lipinski definition) is 6. The highest BCUT2D eigenvalue weighted by molar-refractivity contribution is 6.02. The minimum absolute atomic E-state index is 0.0611. The molecular formula is C37H55N3O6. The zero-order valence-corrected chi connectivity index (χ0v) is 28.1. The Morgan fingerprint density at radius 3 is 1.76 bits per heavy atom. The van der Waals surface area contributed by atoms with Crippen molar-refractivity contribution in [1.82, 2.24) is 5.32 Å². The molecule has 0 aliphatic carbocycles. The van der Waals surface area contributed by atoms with Crippen LogP contribution in [0.5, 0.6) is 0 Å². The summed E-state index contributed by atoms with van der Waals surface area (Å²) in [5.41, 5.74) is 1.42. The van der Waals surface area contributed by atoms with Crippen LogP contribution in [-0.2, 0) is 14.3 Å². The average Bonchev–Trinajstić information content (AvgIpc) is 3.05. The van der Waals surface area contributed by atoms with Crippen LogP contribution >= 0.6 is 0 Å². The molecule has 2 aromatic carbocycles. The van der Waals surface area contributed by atoms with E-state index in [1.807, 2.05) is 0 Å². The average molecular weight is 638 g/mol. The van der Waals surface area contributed by atoms with Crippen molar-refractivity contribution in [3.05, 3.63) is 59.7 Å². The summed E-state index contributed by atoms with van der Waals surface area (Å²) in [5, 5.41) is 18.2. The van der Waals surface area contributed by atoms with Crippen LogP contribution in [0.25, 0.3) is 0 Å². The number of carbonyl (C=O) groups is 4. The summed E-state index contributed by atoms with van der Waals surface area (Å²) in [6, 6.07) is 11.3. The number of carbonyl (C=O) groups excluding carboxylic acids is 4. The maximum absolute atomic E-state index is 12.8. The molecule has 0 saturated carbocycles. The number of benzene rings is 2. The van der Waals surface area contributed by atoms with Crippen molar-refractivity contribution in [3.63, 3.8) is 0 Å². The molecule has 3 amide bonds. The Labute approximate surface area is 275 Å². The number of anilines is 2. The molecule has 4 N–H and O–H groups in total. The number of amides is 3. The summed E-state index contributed by atoms with van der Waals surface area (Å²) in [6.07, 6.45) is 18.4. The molecule has 9 heteroatoms. The van der Waals surface area contributed by atoms with Crippen molar-refractivity contribution in [2.24, 2.45) is 0 Å². The van der Waals surface area contributed by atoms with E-state index in [1.54, 1.807) is 42.5 Å². The highest BCUT2D eigenvalue weighted by atomic mass is 16.5. The number of esters is 1. The standard InChI is InChI=1S/C37H55N3O6/c1-4-5-6-7-8-9-10-11-12-13-14-15-16-17-18-22-33(42)38-31-25-23-29(24-26-31)35(43)40-34(28(2)41)36(44)39-32-21-19-20-30(27-32)37(45)46-3/h19-21,23-28,34,41H,4-18,22H2,1-3H3,(H,38,42)(H,39,44)(H,40,43)/t28?,34-/m0/s1. The lowest BCUT2D eigenvalue weighted by molar-refractivity contribution is -0.120. The van der Waals surface area contributed by atoms with Crippen LogP contribution in [0.2, 0.25) is 0 Å². The minimum Gasteiger partial charge on any atom is -0.465 e. The lowest BCUT2D eigenvalue weighted by Crippen LogP contribution is -2.50. The zero-order valence-electron chi connectivity index (χ0n) is 28.1.